The van der Waals surface area contributed by atoms with Gasteiger partial charge in [-0.15, -0.1) is 0 Å². The van der Waals surface area contributed by atoms with Gasteiger partial charge in [-0.2, -0.15) is 5.10 Å². The molecule has 1 aliphatic carbocycles. The van der Waals surface area contributed by atoms with Crippen molar-refractivity contribution < 1.29 is 4.39 Å². The first-order valence-electron chi connectivity index (χ1n) is 8.82. The number of rotatable bonds is 6. The number of nitrogens with zero attached hydrogens (tertiary/aromatic N) is 4. The fourth-order valence-electron chi connectivity index (χ4n) is 3.21. The molecule has 0 aliphatic heterocycles. The summed E-state index contributed by atoms with van der Waals surface area (Å²) < 4.78 is 17.7. The van der Waals surface area contributed by atoms with Crippen molar-refractivity contribution in [3.63, 3.8) is 0 Å². The lowest BCUT2D eigenvalue weighted by Crippen LogP contribution is -2.29. The maximum absolute atomic E-state index is 13.2. The van der Waals surface area contributed by atoms with E-state index in [1.54, 1.807) is 0 Å². The topological polar surface area (TPSA) is 26.0 Å². The van der Waals surface area contributed by atoms with E-state index >= 15 is 0 Å². The highest BCUT2D eigenvalue weighted by Crippen LogP contribution is 2.29. The van der Waals surface area contributed by atoms with Crippen molar-refractivity contribution in [2.75, 3.05) is 0 Å². The van der Waals surface area contributed by atoms with Gasteiger partial charge in [0.1, 0.15) is 11.6 Å². The molecule has 134 valence electrons. The zero-order valence-corrected chi connectivity index (χ0v) is 15.5. The lowest BCUT2D eigenvalue weighted by Gasteiger charge is -2.21. The van der Waals surface area contributed by atoms with E-state index in [9.17, 15) is 4.39 Å². The van der Waals surface area contributed by atoms with E-state index in [1.165, 1.54) is 25.0 Å². The van der Waals surface area contributed by atoms with Crippen molar-refractivity contribution in [1.82, 2.24) is 19.2 Å². The summed E-state index contributed by atoms with van der Waals surface area (Å²) in [6.45, 7) is 3.38. The molecule has 4 rings (SSSR count). The van der Waals surface area contributed by atoms with Crippen molar-refractivity contribution in [3.8, 4) is 5.69 Å². The largest absolute Gasteiger partial charge is 0.277 e. The molecule has 0 atom stereocenters. The molecular weight excluding hydrogens is 347 g/mol. The monoisotopic (exact) mass is 368 g/mol. The van der Waals surface area contributed by atoms with E-state index in [-0.39, 0.29) is 5.82 Å². The van der Waals surface area contributed by atoms with E-state index in [4.69, 9.17) is 12.2 Å². The molecule has 0 N–H and O–H groups in total. The van der Waals surface area contributed by atoms with Crippen LogP contribution in [0.3, 0.4) is 0 Å². The zero-order chi connectivity index (χ0) is 18.1. The molecule has 26 heavy (non-hydrogen) atoms. The summed E-state index contributed by atoms with van der Waals surface area (Å²) in [6, 6.07) is 17.3. The zero-order valence-electron chi connectivity index (χ0n) is 14.7. The van der Waals surface area contributed by atoms with Crippen LogP contribution in [0.1, 0.15) is 24.2 Å². The Hall–Kier alpha value is -2.31. The highest BCUT2D eigenvalue weighted by atomic mass is 32.1. The van der Waals surface area contributed by atoms with Crippen LogP contribution in [0.15, 0.2) is 54.6 Å². The number of hydrogen-bond donors (Lipinski definition) is 0. The van der Waals surface area contributed by atoms with Crippen LogP contribution in [0.5, 0.6) is 0 Å². The molecule has 6 heteroatoms. The average molecular weight is 368 g/mol. The van der Waals surface area contributed by atoms with Crippen molar-refractivity contribution in [1.29, 1.82) is 0 Å². The van der Waals surface area contributed by atoms with Gasteiger partial charge in [-0.3, -0.25) is 9.47 Å². The summed E-state index contributed by atoms with van der Waals surface area (Å²) in [4.78, 5) is 2.37. The second-order valence-corrected chi connectivity index (χ2v) is 7.11. The van der Waals surface area contributed by atoms with Gasteiger partial charge in [0.05, 0.1) is 6.67 Å². The maximum atomic E-state index is 13.2. The summed E-state index contributed by atoms with van der Waals surface area (Å²) in [5.74, 6) is 0.671. The molecule has 1 saturated carbocycles. The standard InChI is InChI=1S/C20H21FN4S/c1-15-22-24(20(26)25(15)19-5-3-2-4-6-19)14-23(18-11-12-18)13-16-7-9-17(21)10-8-16/h2-10,18H,11-14H2,1H3. The molecule has 0 radical (unpaired) electrons. The molecule has 1 heterocycles. The SMILES string of the molecule is Cc1nn(CN(Cc2ccc(F)cc2)C2CC2)c(=S)n1-c1ccccc1. The van der Waals surface area contributed by atoms with E-state index < -0.39 is 0 Å². The van der Waals surface area contributed by atoms with Gasteiger partial charge in [-0.05, 0) is 61.8 Å². The Balaban J connectivity index is 1.59. The lowest BCUT2D eigenvalue weighted by molar-refractivity contribution is 0.186. The summed E-state index contributed by atoms with van der Waals surface area (Å²) in [6.07, 6.45) is 2.37. The minimum Gasteiger partial charge on any atom is -0.277 e. The van der Waals surface area contributed by atoms with Gasteiger partial charge in [0.2, 0.25) is 4.77 Å². The number of aromatic nitrogens is 3. The minimum atomic E-state index is -0.203. The number of para-hydroxylation sites is 1. The molecule has 0 bridgehead atoms. The highest BCUT2D eigenvalue weighted by molar-refractivity contribution is 7.71. The van der Waals surface area contributed by atoms with Crippen molar-refractivity contribution in [3.05, 3.63) is 76.6 Å². The smallest absolute Gasteiger partial charge is 0.203 e. The van der Waals surface area contributed by atoms with Crippen molar-refractivity contribution in [2.24, 2.45) is 0 Å². The number of halogens is 1. The third kappa shape index (κ3) is 3.61. The molecule has 0 amide bonds. The number of hydrogen-bond acceptors (Lipinski definition) is 3. The molecule has 1 fully saturated rings. The van der Waals surface area contributed by atoms with Gasteiger partial charge in [0.25, 0.3) is 0 Å². The minimum absolute atomic E-state index is 0.203. The van der Waals surface area contributed by atoms with Gasteiger partial charge < -0.3 is 0 Å². The Morgan fingerprint density at radius 2 is 1.81 bits per heavy atom. The third-order valence-electron chi connectivity index (χ3n) is 4.69. The van der Waals surface area contributed by atoms with Crippen LogP contribution in [-0.4, -0.2) is 25.3 Å². The fourth-order valence-corrected chi connectivity index (χ4v) is 3.55. The summed E-state index contributed by atoms with van der Waals surface area (Å²) >= 11 is 5.69. The van der Waals surface area contributed by atoms with E-state index in [0.717, 1.165) is 23.6 Å². The Morgan fingerprint density at radius 1 is 1.12 bits per heavy atom. The first-order chi connectivity index (χ1) is 12.6. The number of benzene rings is 2. The average Bonchev–Trinajstić information content (AvgIpc) is 3.44. The molecule has 0 saturated heterocycles. The van der Waals surface area contributed by atoms with Gasteiger partial charge in [0.15, 0.2) is 0 Å². The Morgan fingerprint density at radius 3 is 2.46 bits per heavy atom. The second-order valence-electron chi connectivity index (χ2n) is 6.75. The van der Waals surface area contributed by atoms with Crippen LogP contribution < -0.4 is 0 Å². The third-order valence-corrected chi connectivity index (χ3v) is 5.09. The second kappa shape index (κ2) is 7.13. The first-order valence-corrected chi connectivity index (χ1v) is 9.23. The van der Waals surface area contributed by atoms with Gasteiger partial charge in [-0.25, -0.2) is 9.07 Å². The molecule has 0 unspecified atom stereocenters. The molecule has 1 aromatic heterocycles. The predicted molar refractivity (Wildman–Crippen MR) is 102 cm³/mol. The molecule has 1 aliphatic rings. The van der Waals surface area contributed by atoms with Gasteiger partial charge >= 0.3 is 0 Å². The van der Waals surface area contributed by atoms with Crippen molar-refractivity contribution in [2.45, 2.75) is 39.0 Å². The van der Waals surface area contributed by atoms with Gasteiger partial charge in [0, 0.05) is 18.3 Å². The van der Waals surface area contributed by atoms with Crippen LogP contribution >= 0.6 is 12.2 Å². The lowest BCUT2D eigenvalue weighted by atomic mass is 10.2. The van der Waals surface area contributed by atoms with Crippen LogP contribution in [0, 0.1) is 17.5 Å². The molecule has 3 aromatic rings. The molecular formula is C20H21FN4S. The van der Waals surface area contributed by atoms with Crippen LogP contribution in [-0.2, 0) is 13.2 Å². The molecule has 2 aromatic carbocycles. The fraction of sp³-hybridized carbons (Fsp3) is 0.300. The van der Waals surface area contributed by atoms with Crippen LogP contribution in [0.4, 0.5) is 4.39 Å². The summed E-state index contributed by atoms with van der Waals surface area (Å²) in [5, 5.41) is 4.67. The van der Waals surface area contributed by atoms with E-state index in [1.807, 2.05) is 58.6 Å². The van der Waals surface area contributed by atoms with Crippen LogP contribution in [0.2, 0.25) is 0 Å². The van der Waals surface area contributed by atoms with Crippen LogP contribution in [0.25, 0.3) is 5.69 Å². The molecule has 4 nitrogen and oxygen atoms in total. The van der Waals surface area contributed by atoms with E-state index in [2.05, 4.69) is 10.00 Å². The van der Waals surface area contributed by atoms with Crippen molar-refractivity contribution >= 4 is 12.2 Å². The van der Waals surface area contributed by atoms with Gasteiger partial charge in [-0.1, -0.05) is 30.3 Å². The normalized spacial score (nSPS) is 14.1. The quantitative estimate of drug-likeness (QED) is 0.600. The summed E-state index contributed by atoms with van der Waals surface area (Å²) in [7, 11) is 0. The molecule has 0 spiro atoms. The number of aryl methyl sites for hydroxylation is 1. The Bertz CT molecular complexity index is 942. The maximum Gasteiger partial charge on any atom is 0.203 e. The summed E-state index contributed by atoms with van der Waals surface area (Å²) in [5.41, 5.74) is 2.13. The highest BCUT2D eigenvalue weighted by Gasteiger charge is 2.29. The first kappa shape index (κ1) is 17.1. The van der Waals surface area contributed by atoms with E-state index in [0.29, 0.717) is 17.5 Å². The Labute approximate surface area is 157 Å². The predicted octanol–water partition coefficient (Wildman–Crippen LogP) is 4.47. The Kier molecular flexibility index (Phi) is 4.70.